The minimum atomic E-state index is -3.71. The van der Waals surface area contributed by atoms with E-state index in [1.807, 2.05) is 6.07 Å². The van der Waals surface area contributed by atoms with Gasteiger partial charge < -0.3 is 19.9 Å². The molecule has 2 N–H and O–H groups in total. The summed E-state index contributed by atoms with van der Waals surface area (Å²) in [6, 6.07) is 26.8. The van der Waals surface area contributed by atoms with Gasteiger partial charge in [-0.2, -0.15) is 0 Å². The summed E-state index contributed by atoms with van der Waals surface area (Å²) in [6.45, 7) is 1.18. The van der Waals surface area contributed by atoms with Gasteiger partial charge in [0, 0.05) is 18.1 Å². The van der Waals surface area contributed by atoms with Crippen molar-refractivity contribution in [2.24, 2.45) is 0 Å². The molecule has 0 heterocycles. The molecule has 0 bridgehead atoms. The van der Waals surface area contributed by atoms with E-state index in [0.29, 0.717) is 36.0 Å². The molecular formula is C30H29Cl2NO6S. The van der Waals surface area contributed by atoms with Crippen LogP contribution in [0.5, 0.6) is 5.75 Å². The number of aliphatic hydroxyl groups is 1. The largest absolute Gasteiger partial charge is 0.492 e. The van der Waals surface area contributed by atoms with Gasteiger partial charge in [0.2, 0.25) is 9.84 Å². The number of methoxy groups -OCH3 is 1. The van der Waals surface area contributed by atoms with E-state index in [1.54, 1.807) is 78.9 Å². The maximum atomic E-state index is 13.1. The molecule has 0 aromatic heterocycles. The lowest BCUT2D eigenvalue weighted by atomic mass is 10.0. The van der Waals surface area contributed by atoms with Crippen LogP contribution in [0.25, 0.3) is 11.1 Å². The quantitative estimate of drug-likeness (QED) is 0.167. The molecule has 210 valence electrons. The first kappa shape index (κ1) is 31.1. The van der Waals surface area contributed by atoms with E-state index in [4.69, 9.17) is 21.1 Å². The molecule has 10 heteroatoms. The molecular weight excluding hydrogens is 573 g/mol. The number of halogens is 2. The number of esters is 1. The molecule has 0 aliphatic heterocycles. The number of nitrogens with one attached hydrogen (secondary N) is 1. The Morgan fingerprint density at radius 3 is 2.05 bits per heavy atom. The molecule has 4 aromatic rings. The molecule has 1 atom stereocenters. The zero-order valence-corrected chi connectivity index (χ0v) is 24.0. The van der Waals surface area contributed by atoms with Crippen LogP contribution in [-0.2, 0) is 14.6 Å². The third-order valence-electron chi connectivity index (χ3n) is 6.06. The van der Waals surface area contributed by atoms with Crippen LogP contribution in [0.3, 0.4) is 0 Å². The van der Waals surface area contributed by atoms with Crippen molar-refractivity contribution in [2.45, 2.75) is 15.9 Å². The Kier molecular flexibility index (Phi) is 11.1. The van der Waals surface area contributed by atoms with Crippen LogP contribution in [0.1, 0.15) is 22.0 Å². The maximum Gasteiger partial charge on any atom is 0.337 e. The van der Waals surface area contributed by atoms with E-state index >= 15 is 0 Å². The Labute approximate surface area is 245 Å². The third kappa shape index (κ3) is 7.84. The number of rotatable bonds is 11. The highest BCUT2D eigenvalue weighted by atomic mass is 35.5. The van der Waals surface area contributed by atoms with Crippen molar-refractivity contribution in [1.29, 1.82) is 0 Å². The second-order valence-electron chi connectivity index (χ2n) is 8.69. The fourth-order valence-electron chi connectivity index (χ4n) is 3.91. The zero-order valence-electron chi connectivity index (χ0n) is 21.6. The van der Waals surface area contributed by atoms with E-state index in [2.05, 4.69) is 5.32 Å². The smallest absolute Gasteiger partial charge is 0.337 e. The lowest BCUT2D eigenvalue weighted by molar-refractivity contribution is 0.0600. The normalized spacial score (nSPS) is 11.8. The van der Waals surface area contributed by atoms with Crippen LogP contribution >= 0.6 is 24.0 Å². The fourth-order valence-corrected chi connectivity index (χ4v) is 5.37. The summed E-state index contributed by atoms with van der Waals surface area (Å²) in [4.78, 5) is 11.9. The molecule has 0 unspecified atom stereocenters. The molecule has 0 fully saturated rings. The topological polar surface area (TPSA) is 102 Å². The van der Waals surface area contributed by atoms with Gasteiger partial charge in [0.25, 0.3) is 0 Å². The SMILES string of the molecule is COC(=O)c1ccc(-c2ccc(S(=O)(=O)c3ccc(OCCNC[C@H](O)c4cccc(Cl)c4)cc3)cc2)cc1.Cl. The van der Waals surface area contributed by atoms with Gasteiger partial charge in [-0.1, -0.05) is 48.0 Å². The third-order valence-corrected chi connectivity index (χ3v) is 8.08. The number of benzene rings is 4. The monoisotopic (exact) mass is 601 g/mol. The average molecular weight is 603 g/mol. The zero-order chi connectivity index (χ0) is 27.8. The van der Waals surface area contributed by atoms with Gasteiger partial charge in [-0.25, -0.2) is 13.2 Å². The second kappa shape index (κ2) is 14.3. The molecule has 4 rings (SSSR count). The van der Waals surface area contributed by atoms with Crippen molar-refractivity contribution >= 4 is 39.8 Å². The summed E-state index contributed by atoms with van der Waals surface area (Å²) in [5, 5.41) is 13.9. The van der Waals surface area contributed by atoms with Gasteiger partial charge in [0.15, 0.2) is 0 Å². The Morgan fingerprint density at radius 1 is 0.900 bits per heavy atom. The number of hydrogen-bond donors (Lipinski definition) is 2. The second-order valence-corrected chi connectivity index (χ2v) is 11.1. The summed E-state index contributed by atoms with van der Waals surface area (Å²) in [6.07, 6.45) is -0.686. The van der Waals surface area contributed by atoms with Gasteiger partial charge >= 0.3 is 5.97 Å². The molecule has 0 spiro atoms. The van der Waals surface area contributed by atoms with Crippen molar-refractivity contribution in [3.63, 3.8) is 0 Å². The molecule has 7 nitrogen and oxygen atoms in total. The Balaban J connectivity index is 0.00000441. The first-order valence-corrected chi connectivity index (χ1v) is 14.0. The maximum absolute atomic E-state index is 13.1. The summed E-state index contributed by atoms with van der Waals surface area (Å²) < 4.78 is 36.6. The summed E-state index contributed by atoms with van der Waals surface area (Å²) in [5.74, 6) is 0.123. The summed E-state index contributed by atoms with van der Waals surface area (Å²) in [5.41, 5.74) is 2.85. The van der Waals surface area contributed by atoms with Gasteiger partial charge in [0.1, 0.15) is 12.4 Å². The molecule has 0 amide bonds. The highest BCUT2D eigenvalue weighted by molar-refractivity contribution is 7.91. The number of carbonyl (C=O) groups is 1. The van der Waals surface area contributed by atoms with E-state index < -0.39 is 21.9 Å². The number of sulfone groups is 1. The average Bonchev–Trinajstić information content (AvgIpc) is 2.97. The first-order chi connectivity index (χ1) is 18.8. The van der Waals surface area contributed by atoms with Crippen LogP contribution < -0.4 is 10.1 Å². The Morgan fingerprint density at radius 2 is 1.48 bits per heavy atom. The minimum Gasteiger partial charge on any atom is -0.492 e. The van der Waals surface area contributed by atoms with Gasteiger partial charge in [0.05, 0.1) is 28.6 Å². The van der Waals surface area contributed by atoms with E-state index in [9.17, 15) is 18.3 Å². The molecule has 4 aromatic carbocycles. The van der Waals surface area contributed by atoms with E-state index in [-0.39, 0.29) is 22.2 Å². The van der Waals surface area contributed by atoms with Crippen LogP contribution in [0.2, 0.25) is 5.02 Å². The molecule has 0 aliphatic rings. The molecule has 0 aliphatic carbocycles. The van der Waals surface area contributed by atoms with Crippen LogP contribution in [0.4, 0.5) is 0 Å². The standard InChI is InChI=1S/C30H28ClNO6S.ClH/c1-37-30(34)23-7-5-21(6-8-23)22-9-13-27(14-10-22)39(35,36)28-15-11-26(12-16-28)38-18-17-32-20-29(33)24-3-2-4-25(31)19-24;/h2-16,19,29,32-33H,17-18,20H2,1H3;1H/t29-;/m0./s1. The molecule has 0 saturated carbocycles. The number of carbonyl (C=O) groups excluding carboxylic acids is 1. The predicted molar refractivity (Wildman–Crippen MR) is 157 cm³/mol. The molecule has 40 heavy (non-hydrogen) atoms. The lowest BCUT2D eigenvalue weighted by Gasteiger charge is -2.13. The van der Waals surface area contributed by atoms with Gasteiger partial charge in [-0.15, -0.1) is 12.4 Å². The fraction of sp³-hybridized carbons (Fsp3) is 0.167. The van der Waals surface area contributed by atoms with Crippen molar-refractivity contribution in [1.82, 2.24) is 5.32 Å². The Hall–Kier alpha value is -3.40. The number of hydrogen-bond acceptors (Lipinski definition) is 7. The molecule has 0 saturated heterocycles. The summed E-state index contributed by atoms with van der Waals surface area (Å²) >= 11 is 5.96. The van der Waals surface area contributed by atoms with Gasteiger partial charge in [-0.05, 0) is 77.4 Å². The van der Waals surface area contributed by atoms with E-state index in [0.717, 1.165) is 16.7 Å². The molecule has 0 radical (unpaired) electrons. The van der Waals surface area contributed by atoms with Crippen LogP contribution in [-0.4, -0.2) is 46.3 Å². The van der Waals surface area contributed by atoms with Crippen LogP contribution in [0, 0.1) is 0 Å². The van der Waals surface area contributed by atoms with E-state index in [1.165, 1.54) is 19.2 Å². The number of ether oxygens (including phenoxy) is 2. The number of aliphatic hydroxyl groups excluding tert-OH is 1. The lowest BCUT2D eigenvalue weighted by Crippen LogP contribution is -2.26. The predicted octanol–water partition coefficient (Wildman–Crippen LogP) is 5.75. The summed E-state index contributed by atoms with van der Waals surface area (Å²) in [7, 11) is -2.38. The highest BCUT2D eigenvalue weighted by Crippen LogP contribution is 2.27. The van der Waals surface area contributed by atoms with Crippen LogP contribution in [0.15, 0.2) is 107 Å². The van der Waals surface area contributed by atoms with Crippen molar-refractivity contribution in [3.8, 4) is 16.9 Å². The van der Waals surface area contributed by atoms with Crippen molar-refractivity contribution in [3.05, 3.63) is 113 Å². The van der Waals surface area contributed by atoms with Crippen molar-refractivity contribution < 1.29 is 27.8 Å². The minimum absolute atomic E-state index is 0. The van der Waals surface area contributed by atoms with Gasteiger partial charge in [-0.3, -0.25) is 0 Å². The van der Waals surface area contributed by atoms with Crippen molar-refractivity contribution in [2.75, 3.05) is 26.8 Å². The highest BCUT2D eigenvalue weighted by Gasteiger charge is 2.18. The first-order valence-electron chi connectivity index (χ1n) is 12.2. The Bertz CT molecular complexity index is 1510.